The highest BCUT2D eigenvalue weighted by Crippen LogP contribution is 2.33. The molecule has 4 nitrogen and oxygen atoms in total. The Morgan fingerprint density at radius 3 is 2.74 bits per heavy atom. The van der Waals surface area contributed by atoms with Crippen LogP contribution in [0.5, 0.6) is 0 Å². The molecule has 5 rings (SSSR count). The fourth-order valence-corrected chi connectivity index (χ4v) is 5.16. The number of hydrogen-bond acceptors (Lipinski definition) is 3. The van der Waals surface area contributed by atoms with E-state index >= 15 is 0 Å². The predicted molar refractivity (Wildman–Crippen MR) is 108 cm³/mol. The molecular weight excluding hydrogens is 354 g/mol. The Hall–Kier alpha value is -2.79. The standard InChI is InChI=1S/C22H19N3OS/c26-21-20-17-10-4-5-11-18(17)27-22(20)24-19(23-21)14-25-12-6-9-16(13-25)15-7-2-1-3-8-15/h1-3,6-9,12-13H,4-5,10-11,14H2/p+1. The zero-order valence-electron chi connectivity index (χ0n) is 14.9. The first-order valence-electron chi connectivity index (χ1n) is 9.36. The van der Waals surface area contributed by atoms with Crippen molar-refractivity contribution >= 4 is 21.6 Å². The Balaban J connectivity index is 1.51. The van der Waals surface area contributed by atoms with E-state index in [9.17, 15) is 4.79 Å². The average molecular weight is 374 g/mol. The van der Waals surface area contributed by atoms with Gasteiger partial charge in [-0.15, -0.1) is 11.3 Å². The molecule has 1 aliphatic carbocycles. The molecule has 0 saturated carbocycles. The number of pyridine rings is 1. The SMILES string of the molecule is O=c1[nH]c(C[n+]2cccc(-c3ccccc3)c2)nc2sc3c(c12)CCCC3. The third-order valence-electron chi connectivity index (χ3n) is 5.17. The minimum atomic E-state index is 0.00853. The van der Waals surface area contributed by atoms with Crippen LogP contribution < -0.4 is 10.1 Å². The molecular formula is C22H20N3OS+. The minimum Gasteiger partial charge on any atom is -0.305 e. The molecule has 0 bridgehead atoms. The summed E-state index contributed by atoms with van der Waals surface area (Å²) in [6, 6.07) is 14.4. The van der Waals surface area contributed by atoms with E-state index in [1.165, 1.54) is 28.8 Å². The molecule has 0 saturated heterocycles. The topological polar surface area (TPSA) is 49.6 Å². The number of nitrogens with one attached hydrogen (secondary N) is 1. The molecule has 0 atom stereocenters. The van der Waals surface area contributed by atoms with Crippen molar-refractivity contribution in [3.63, 3.8) is 0 Å². The van der Waals surface area contributed by atoms with Crippen LogP contribution in [0, 0.1) is 0 Å². The maximum atomic E-state index is 12.7. The summed E-state index contributed by atoms with van der Waals surface area (Å²) in [7, 11) is 0. The molecule has 0 aliphatic heterocycles. The third kappa shape index (κ3) is 3.08. The van der Waals surface area contributed by atoms with E-state index in [0.717, 1.165) is 28.6 Å². The summed E-state index contributed by atoms with van der Waals surface area (Å²) in [4.78, 5) is 22.7. The number of benzene rings is 1. The van der Waals surface area contributed by atoms with Crippen molar-refractivity contribution in [2.24, 2.45) is 0 Å². The molecule has 1 aromatic carbocycles. The summed E-state index contributed by atoms with van der Waals surface area (Å²) < 4.78 is 2.07. The first-order valence-corrected chi connectivity index (χ1v) is 10.2. The van der Waals surface area contributed by atoms with Gasteiger partial charge in [-0.05, 0) is 42.9 Å². The van der Waals surface area contributed by atoms with E-state index < -0.39 is 0 Å². The summed E-state index contributed by atoms with van der Waals surface area (Å²) in [5, 5.41) is 0.821. The highest BCUT2D eigenvalue weighted by molar-refractivity contribution is 7.18. The second kappa shape index (κ2) is 6.74. The van der Waals surface area contributed by atoms with Gasteiger partial charge in [0, 0.05) is 16.5 Å². The molecule has 0 radical (unpaired) electrons. The number of thiophene rings is 1. The number of aromatic nitrogens is 3. The van der Waals surface area contributed by atoms with Crippen molar-refractivity contribution in [2.45, 2.75) is 32.2 Å². The van der Waals surface area contributed by atoms with Crippen LogP contribution in [0.15, 0.2) is 59.7 Å². The number of nitrogens with zero attached hydrogens (tertiary/aromatic N) is 2. The lowest BCUT2D eigenvalue weighted by Crippen LogP contribution is -2.35. The summed E-state index contributed by atoms with van der Waals surface area (Å²) in [5.41, 5.74) is 3.57. The summed E-state index contributed by atoms with van der Waals surface area (Å²) in [6.07, 6.45) is 8.58. The van der Waals surface area contributed by atoms with Gasteiger partial charge < -0.3 is 4.98 Å². The van der Waals surface area contributed by atoms with Crippen LogP contribution in [0.3, 0.4) is 0 Å². The summed E-state index contributed by atoms with van der Waals surface area (Å²) in [6.45, 7) is 0.550. The molecule has 5 heteroatoms. The third-order valence-corrected chi connectivity index (χ3v) is 6.36. The fraction of sp³-hybridized carbons (Fsp3) is 0.227. The van der Waals surface area contributed by atoms with Crippen LogP contribution in [-0.2, 0) is 19.4 Å². The molecule has 0 fully saturated rings. The Morgan fingerprint density at radius 2 is 1.85 bits per heavy atom. The van der Waals surface area contributed by atoms with E-state index in [1.807, 2.05) is 30.5 Å². The normalized spacial score (nSPS) is 13.6. The smallest absolute Gasteiger partial charge is 0.260 e. The van der Waals surface area contributed by atoms with Gasteiger partial charge >= 0.3 is 0 Å². The van der Waals surface area contributed by atoms with Gasteiger partial charge in [0.05, 0.1) is 5.39 Å². The Bertz CT molecular complexity index is 1180. The van der Waals surface area contributed by atoms with Gasteiger partial charge in [0.1, 0.15) is 4.83 Å². The van der Waals surface area contributed by atoms with Crippen molar-refractivity contribution in [2.75, 3.05) is 0 Å². The van der Waals surface area contributed by atoms with Gasteiger partial charge in [-0.3, -0.25) is 4.79 Å². The predicted octanol–water partition coefficient (Wildman–Crippen LogP) is 3.87. The molecule has 3 aromatic heterocycles. The summed E-state index contributed by atoms with van der Waals surface area (Å²) in [5.74, 6) is 0.710. The number of H-pyrrole nitrogens is 1. The maximum absolute atomic E-state index is 12.7. The average Bonchev–Trinajstić information content (AvgIpc) is 3.07. The van der Waals surface area contributed by atoms with Crippen LogP contribution in [0.2, 0.25) is 0 Å². The van der Waals surface area contributed by atoms with E-state index in [-0.39, 0.29) is 5.56 Å². The van der Waals surface area contributed by atoms with Crippen LogP contribution in [0.25, 0.3) is 21.3 Å². The first-order chi connectivity index (χ1) is 13.3. The molecule has 0 amide bonds. The number of aryl methyl sites for hydroxylation is 2. The van der Waals surface area contributed by atoms with Crippen LogP contribution in [-0.4, -0.2) is 9.97 Å². The monoisotopic (exact) mass is 374 g/mol. The van der Waals surface area contributed by atoms with Crippen LogP contribution in [0.1, 0.15) is 29.1 Å². The number of fused-ring (bicyclic) bond motifs is 3. The summed E-state index contributed by atoms with van der Waals surface area (Å²) >= 11 is 1.70. The molecule has 134 valence electrons. The number of rotatable bonds is 3. The Morgan fingerprint density at radius 1 is 1.04 bits per heavy atom. The zero-order valence-corrected chi connectivity index (χ0v) is 15.8. The number of aromatic amines is 1. The minimum absolute atomic E-state index is 0.00853. The van der Waals surface area contributed by atoms with Crippen molar-refractivity contribution in [1.29, 1.82) is 0 Å². The molecule has 1 N–H and O–H groups in total. The van der Waals surface area contributed by atoms with E-state index in [1.54, 1.807) is 11.3 Å². The van der Waals surface area contributed by atoms with E-state index in [4.69, 9.17) is 4.98 Å². The second-order valence-electron chi connectivity index (χ2n) is 7.03. The van der Waals surface area contributed by atoms with Gasteiger partial charge in [-0.2, -0.15) is 4.57 Å². The van der Waals surface area contributed by atoms with Crippen LogP contribution in [0.4, 0.5) is 0 Å². The van der Waals surface area contributed by atoms with E-state index in [2.05, 4.69) is 33.9 Å². The van der Waals surface area contributed by atoms with Crippen LogP contribution >= 0.6 is 11.3 Å². The lowest BCUT2D eigenvalue weighted by atomic mass is 9.97. The van der Waals surface area contributed by atoms with Gasteiger partial charge in [0.15, 0.2) is 18.2 Å². The molecule has 3 heterocycles. The number of hydrogen-bond donors (Lipinski definition) is 1. The quantitative estimate of drug-likeness (QED) is 0.554. The molecule has 27 heavy (non-hydrogen) atoms. The highest BCUT2D eigenvalue weighted by atomic mass is 32.1. The molecule has 0 unspecified atom stereocenters. The molecule has 0 spiro atoms. The molecule has 1 aliphatic rings. The Labute approximate surface area is 161 Å². The van der Waals surface area contributed by atoms with Gasteiger partial charge in [-0.1, -0.05) is 30.3 Å². The fourth-order valence-electron chi connectivity index (χ4n) is 3.88. The van der Waals surface area contributed by atoms with Crippen molar-refractivity contribution < 1.29 is 4.57 Å². The lowest BCUT2D eigenvalue weighted by Gasteiger charge is -2.09. The second-order valence-corrected chi connectivity index (χ2v) is 8.12. The van der Waals surface area contributed by atoms with Gasteiger partial charge in [0.2, 0.25) is 6.54 Å². The molecule has 4 aromatic rings. The van der Waals surface area contributed by atoms with Crippen molar-refractivity contribution in [3.05, 3.63) is 81.5 Å². The largest absolute Gasteiger partial charge is 0.305 e. The highest BCUT2D eigenvalue weighted by Gasteiger charge is 2.20. The van der Waals surface area contributed by atoms with Crippen molar-refractivity contribution in [1.82, 2.24) is 9.97 Å². The Kier molecular flexibility index (Phi) is 4.09. The maximum Gasteiger partial charge on any atom is 0.260 e. The van der Waals surface area contributed by atoms with Crippen molar-refractivity contribution in [3.8, 4) is 11.1 Å². The van der Waals surface area contributed by atoms with Gasteiger partial charge in [-0.25, -0.2) is 4.98 Å². The lowest BCUT2D eigenvalue weighted by molar-refractivity contribution is -0.688. The van der Waals surface area contributed by atoms with Gasteiger partial charge in [0.25, 0.3) is 5.56 Å². The first kappa shape index (κ1) is 16.4. The van der Waals surface area contributed by atoms with E-state index in [0.29, 0.717) is 12.4 Å². The zero-order chi connectivity index (χ0) is 18.2.